The van der Waals surface area contributed by atoms with E-state index in [-0.39, 0.29) is 5.91 Å². The molecule has 1 amide bonds. The van der Waals surface area contributed by atoms with Gasteiger partial charge in [0.2, 0.25) is 5.91 Å². The van der Waals surface area contributed by atoms with Crippen molar-refractivity contribution in [1.82, 2.24) is 4.98 Å². The van der Waals surface area contributed by atoms with Crippen LogP contribution in [0.4, 0.5) is 5.13 Å². The molecule has 3 aromatic rings. The Morgan fingerprint density at radius 3 is 2.75 bits per heavy atom. The van der Waals surface area contributed by atoms with E-state index in [2.05, 4.69) is 26.2 Å². The van der Waals surface area contributed by atoms with E-state index in [1.54, 1.807) is 18.2 Å². The smallest absolute Gasteiger partial charge is 0.250 e. The Morgan fingerprint density at radius 1 is 1.21 bits per heavy atom. The lowest BCUT2D eigenvalue weighted by molar-refractivity contribution is -0.111. The quantitative estimate of drug-likeness (QED) is 0.537. The second-order valence-electron chi connectivity index (χ2n) is 4.92. The van der Waals surface area contributed by atoms with Gasteiger partial charge in [0, 0.05) is 26.5 Å². The van der Waals surface area contributed by atoms with Gasteiger partial charge in [0.15, 0.2) is 5.13 Å². The minimum absolute atomic E-state index is 0.222. The van der Waals surface area contributed by atoms with Crippen LogP contribution in [0.25, 0.3) is 17.3 Å². The highest BCUT2D eigenvalue weighted by molar-refractivity contribution is 9.10. The van der Waals surface area contributed by atoms with Crippen LogP contribution in [0, 0.1) is 0 Å². The van der Waals surface area contributed by atoms with Crippen LogP contribution in [0.3, 0.4) is 0 Å². The van der Waals surface area contributed by atoms with Gasteiger partial charge in [-0.3, -0.25) is 10.1 Å². The van der Waals surface area contributed by atoms with Crippen molar-refractivity contribution in [3.05, 3.63) is 75.0 Å². The van der Waals surface area contributed by atoms with Gasteiger partial charge < -0.3 is 0 Å². The van der Waals surface area contributed by atoms with Gasteiger partial charge in [-0.1, -0.05) is 51.8 Å². The maximum Gasteiger partial charge on any atom is 0.250 e. The SMILES string of the molecule is O=C(/C=C/c1ccc(Cl)cc1)Nc1nc(-c2cccc(Br)c2)cs1. The minimum atomic E-state index is -0.222. The molecule has 0 aliphatic carbocycles. The molecule has 0 unspecified atom stereocenters. The summed E-state index contributed by atoms with van der Waals surface area (Å²) in [5.41, 5.74) is 2.74. The van der Waals surface area contributed by atoms with Gasteiger partial charge in [-0.25, -0.2) is 4.98 Å². The lowest BCUT2D eigenvalue weighted by Gasteiger charge is -1.98. The zero-order valence-corrected chi connectivity index (χ0v) is 15.5. The predicted octanol–water partition coefficient (Wildman–Crippen LogP) is 5.88. The first-order chi connectivity index (χ1) is 11.6. The molecule has 3 nitrogen and oxygen atoms in total. The number of hydrogen-bond acceptors (Lipinski definition) is 3. The van der Waals surface area contributed by atoms with E-state index in [1.807, 2.05) is 41.8 Å². The molecule has 120 valence electrons. The van der Waals surface area contributed by atoms with Crippen LogP contribution in [0.15, 0.2) is 64.5 Å². The Labute approximate surface area is 157 Å². The molecule has 0 fully saturated rings. The molecule has 0 radical (unpaired) electrons. The molecule has 0 spiro atoms. The standard InChI is InChI=1S/C18H12BrClN2OS/c19-14-3-1-2-13(10-14)16-11-24-18(21-16)22-17(23)9-6-12-4-7-15(20)8-5-12/h1-11H,(H,21,22,23)/b9-6+. The summed E-state index contributed by atoms with van der Waals surface area (Å²) in [5, 5.41) is 5.92. The molecule has 24 heavy (non-hydrogen) atoms. The highest BCUT2D eigenvalue weighted by Crippen LogP contribution is 2.26. The van der Waals surface area contributed by atoms with Crippen molar-refractivity contribution in [3.8, 4) is 11.3 Å². The maximum atomic E-state index is 12.0. The molecule has 0 aliphatic heterocycles. The maximum absolute atomic E-state index is 12.0. The van der Waals surface area contributed by atoms with Gasteiger partial charge in [0.25, 0.3) is 0 Å². The van der Waals surface area contributed by atoms with Crippen molar-refractivity contribution >= 4 is 56.0 Å². The summed E-state index contributed by atoms with van der Waals surface area (Å²) in [4.78, 5) is 16.4. The molecule has 1 N–H and O–H groups in total. The predicted molar refractivity (Wildman–Crippen MR) is 104 cm³/mol. The van der Waals surface area contributed by atoms with Crippen LogP contribution in [-0.4, -0.2) is 10.9 Å². The number of carbonyl (C=O) groups excluding carboxylic acids is 1. The largest absolute Gasteiger partial charge is 0.298 e. The van der Waals surface area contributed by atoms with Crippen LogP contribution in [0.2, 0.25) is 5.02 Å². The summed E-state index contributed by atoms with van der Waals surface area (Å²) in [6.45, 7) is 0. The van der Waals surface area contributed by atoms with Gasteiger partial charge in [0.1, 0.15) is 0 Å². The normalized spacial score (nSPS) is 10.9. The first-order valence-corrected chi connectivity index (χ1v) is 9.11. The molecule has 0 saturated carbocycles. The van der Waals surface area contributed by atoms with Crippen LogP contribution < -0.4 is 5.32 Å². The fraction of sp³-hybridized carbons (Fsp3) is 0. The van der Waals surface area contributed by atoms with Crippen molar-refractivity contribution < 1.29 is 4.79 Å². The zero-order valence-electron chi connectivity index (χ0n) is 12.4. The Hall–Kier alpha value is -1.95. The van der Waals surface area contributed by atoms with Crippen molar-refractivity contribution in [3.63, 3.8) is 0 Å². The number of rotatable bonds is 4. The first kappa shape index (κ1) is 16.9. The summed E-state index contributed by atoms with van der Waals surface area (Å²) in [6.07, 6.45) is 3.21. The Bertz CT molecular complexity index is 890. The van der Waals surface area contributed by atoms with Gasteiger partial charge >= 0.3 is 0 Å². The van der Waals surface area contributed by atoms with Crippen molar-refractivity contribution in [2.45, 2.75) is 0 Å². The number of thiazole rings is 1. The fourth-order valence-corrected chi connectivity index (χ4v) is 3.25. The van der Waals surface area contributed by atoms with E-state index in [1.165, 1.54) is 17.4 Å². The lowest BCUT2D eigenvalue weighted by Crippen LogP contribution is -2.07. The lowest BCUT2D eigenvalue weighted by atomic mass is 10.2. The van der Waals surface area contributed by atoms with Gasteiger partial charge in [-0.2, -0.15) is 0 Å². The molecule has 3 rings (SSSR count). The van der Waals surface area contributed by atoms with E-state index in [9.17, 15) is 4.79 Å². The summed E-state index contributed by atoms with van der Waals surface area (Å²) >= 11 is 10.7. The van der Waals surface area contributed by atoms with Gasteiger partial charge in [0.05, 0.1) is 5.69 Å². The summed E-state index contributed by atoms with van der Waals surface area (Å²) in [5.74, 6) is -0.222. The molecule has 2 aromatic carbocycles. The molecular formula is C18H12BrClN2OS. The Balaban J connectivity index is 1.66. The average molecular weight is 420 g/mol. The number of nitrogens with zero attached hydrogens (tertiary/aromatic N) is 1. The zero-order chi connectivity index (χ0) is 16.9. The molecule has 0 saturated heterocycles. The highest BCUT2D eigenvalue weighted by atomic mass is 79.9. The first-order valence-electron chi connectivity index (χ1n) is 7.06. The van der Waals surface area contributed by atoms with Gasteiger partial charge in [-0.05, 0) is 35.9 Å². The second-order valence-corrected chi connectivity index (χ2v) is 7.13. The number of nitrogens with one attached hydrogen (secondary N) is 1. The summed E-state index contributed by atoms with van der Waals surface area (Å²) in [6, 6.07) is 15.1. The van der Waals surface area contributed by atoms with Crippen LogP contribution in [0.1, 0.15) is 5.56 Å². The van der Waals surface area contributed by atoms with Crippen molar-refractivity contribution in [2.24, 2.45) is 0 Å². The Morgan fingerprint density at radius 2 is 2.00 bits per heavy atom. The van der Waals surface area contributed by atoms with Gasteiger partial charge in [-0.15, -0.1) is 11.3 Å². The molecule has 1 heterocycles. The number of anilines is 1. The Kier molecular flexibility index (Phi) is 5.45. The highest BCUT2D eigenvalue weighted by Gasteiger charge is 2.06. The molecule has 0 aliphatic rings. The topological polar surface area (TPSA) is 42.0 Å². The molecule has 6 heteroatoms. The third kappa shape index (κ3) is 4.54. The van der Waals surface area contributed by atoms with Crippen LogP contribution in [0.5, 0.6) is 0 Å². The third-order valence-electron chi connectivity index (χ3n) is 3.15. The van der Waals surface area contributed by atoms with E-state index < -0.39 is 0 Å². The monoisotopic (exact) mass is 418 g/mol. The number of carbonyl (C=O) groups is 1. The summed E-state index contributed by atoms with van der Waals surface area (Å²) < 4.78 is 0.990. The second kappa shape index (κ2) is 7.75. The van der Waals surface area contributed by atoms with E-state index in [0.29, 0.717) is 10.2 Å². The number of halogens is 2. The van der Waals surface area contributed by atoms with E-state index in [0.717, 1.165) is 21.3 Å². The molecule has 0 atom stereocenters. The van der Waals surface area contributed by atoms with Crippen molar-refractivity contribution in [1.29, 1.82) is 0 Å². The molecule has 0 bridgehead atoms. The number of hydrogen-bond donors (Lipinski definition) is 1. The van der Waals surface area contributed by atoms with Crippen LogP contribution >= 0.6 is 38.9 Å². The summed E-state index contributed by atoms with van der Waals surface area (Å²) in [7, 11) is 0. The number of aromatic nitrogens is 1. The number of benzene rings is 2. The third-order valence-corrected chi connectivity index (χ3v) is 4.65. The fourth-order valence-electron chi connectivity index (χ4n) is 2.00. The molecule has 1 aromatic heterocycles. The number of amides is 1. The van der Waals surface area contributed by atoms with Crippen molar-refractivity contribution in [2.75, 3.05) is 5.32 Å². The molecular weight excluding hydrogens is 408 g/mol. The van der Waals surface area contributed by atoms with E-state index in [4.69, 9.17) is 11.6 Å². The van der Waals surface area contributed by atoms with E-state index >= 15 is 0 Å². The minimum Gasteiger partial charge on any atom is -0.298 e. The average Bonchev–Trinajstić information content (AvgIpc) is 3.03. The van der Waals surface area contributed by atoms with Crippen LogP contribution in [-0.2, 0) is 4.79 Å².